The standard InChI is InChI=1S/C19H20ClN3O2/c1-19(2,25-16-9-5-14(20)6-10-16)18(24)23-15-7-3-13(4-8-15)17-21-11-12-22-17/h3-10H,11-12H2,1-2H3,(H,21,22)(H,23,24). The van der Waals surface area contributed by atoms with Gasteiger partial charge in [-0.15, -0.1) is 0 Å². The number of hydrogen-bond acceptors (Lipinski definition) is 4. The number of hydrogen-bond donors (Lipinski definition) is 2. The number of carbonyl (C=O) groups excluding carboxylic acids is 1. The zero-order valence-corrected chi connectivity index (χ0v) is 14.9. The van der Waals surface area contributed by atoms with Gasteiger partial charge in [0.05, 0.1) is 6.54 Å². The molecule has 0 fully saturated rings. The Hall–Kier alpha value is -2.53. The molecule has 1 aliphatic heterocycles. The lowest BCUT2D eigenvalue weighted by atomic mass is 10.1. The van der Waals surface area contributed by atoms with Crippen LogP contribution in [0.1, 0.15) is 19.4 Å². The summed E-state index contributed by atoms with van der Waals surface area (Å²) >= 11 is 5.86. The molecule has 0 spiro atoms. The molecule has 0 unspecified atom stereocenters. The molecule has 25 heavy (non-hydrogen) atoms. The third kappa shape index (κ3) is 4.31. The van der Waals surface area contributed by atoms with Crippen LogP contribution in [0.25, 0.3) is 0 Å². The lowest BCUT2D eigenvalue weighted by Crippen LogP contribution is -2.42. The second-order valence-corrected chi connectivity index (χ2v) is 6.69. The number of amidine groups is 1. The maximum Gasteiger partial charge on any atom is 0.267 e. The van der Waals surface area contributed by atoms with E-state index in [1.165, 1.54) is 0 Å². The highest BCUT2D eigenvalue weighted by Gasteiger charge is 2.30. The molecule has 0 saturated heterocycles. The summed E-state index contributed by atoms with van der Waals surface area (Å²) in [5, 5.41) is 6.72. The Morgan fingerprint density at radius 2 is 1.84 bits per heavy atom. The van der Waals surface area contributed by atoms with Gasteiger partial charge in [-0.05, 0) is 62.4 Å². The van der Waals surface area contributed by atoms with Gasteiger partial charge in [0.1, 0.15) is 11.6 Å². The average molecular weight is 358 g/mol. The van der Waals surface area contributed by atoms with Crippen molar-refractivity contribution in [2.45, 2.75) is 19.4 Å². The van der Waals surface area contributed by atoms with Crippen LogP contribution in [0, 0.1) is 0 Å². The SMILES string of the molecule is CC(C)(Oc1ccc(Cl)cc1)C(=O)Nc1ccc(C2=NCCN2)cc1. The van der Waals surface area contributed by atoms with Crippen molar-refractivity contribution in [2.24, 2.45) is 4.99 Å². The summed E-state index contributed by atoms with van der Waals surface area (Å²) in [6.07, 6.45) is 0. The summed E-state index contributed by atoms with van der Waals surface area (Å²) in [6, 6.07) is 14.5. The number of anilines is 1. The van der Waals surface area contributed by atoms with E-state index in [-0.39, 0.29) is 5.91 Å². The van der Waals surface area contributed by atoms with Gasteiger partial charge in [0, 0.05) is 22.8 Å². The lowest BCUT2D eigenvalue weighted by Gasteiger charge is -2.25. The number of nitrogens with one attached hydrogen (secondary N) is 2. The molecule has 0 aliphatic carbocycles. The average Bonchev–Trinajstić information content (AvgIpc) is 3.12. The summed E-state index contributed by atoms with van der Waals surface area (Å²) in [5.74, 6) is 1.25. The molecule has 5 nitrogen and oxygen atoms in total. The molecule has 6 heteroatoms. The third-order valence-corrected chi connectivity index (χ3v) is 4.08. The van der Waals surface area contributed by atoms with Crippen molar-refractivity contribution in [1.82, 2.24) is 5.32 Å². The minimum Gasteiger partial charge on any atom is -0.478 e. The van der Waals surface area contributed by atoms with E-state index < -0.39 is 5.60 Å². The van der Waals surface area contributed by atoms with Crippen molar-refractivity contribution < 1.29 is 9.53 Å². The second kappa shape index (κ2) is 7.15. The first kappa shape index (κ1) is 17.3. The topological polar surface area (TPSA) is 62.7 Å². The Morgan fingerprint density at radius 1 is 1.16 bits per heavy atom. The fourth-order valence-electron chi connectivity index (χ4n) is 2.43. The van der Waals surface area contributed by atoms with Gasteiger partial charge >= 0.3 is 0 Å². The number of rotatable bonds is 5. The van der Waals surface area contributed by atoms with Gasteiger partial charge in [0.15, 0.2) is 5.60 Å². The third-order valence-electron chi connectivity index (χ3n) is 3.82. The van der Waals surface area contributed by atoms with Crippen molar-refractivity contribution in [2.75, 3.05) is 18.4 Å². The Morgan fingerprint density at radius 3 is 2.44 bits per heavy atom. The molecule has 0 aromatic heterocycles. The van der Waals surface area contributed by atoms with Crippen LogP contribution in [0.5, 0.6) is 5.75 Å². The van der Waals surface area contributed by atoms with Crippen molar-refractivity contribution in [1.29, 1.82) is 0 Å². The zero-order chi connectivity index (χ0) is 17.9. The van der Waals surface area contributed by atoms with Gasteiger partial charge in [-0.25, -0.2) is 0 Å². The van der Waals surface area contributed by atoms with Crippen molar-refractivity contribution >= 4 is 29.0 Å². The zero-order valence-electron chi connectivity index (χ0n) is 14.2. The van der Waals surface area contributed by atoms with Crippen LogP contribution in [0.3, 0.4) is 0 Å². The predicted octanol–water partition coefficient (Wildman–Crippen LogP) is 3.49. The molecule has 3 rings (SSSR count). The van der Waals surface area contributed by atoms with Gasteiger partial charge in [-0.3, -0.25) is 9.79 Å². The van der Waals surface area contributed by atoms with Gasteiger partial charge < -0.3 is 15.4 Å². The number of aliphatic imine (C=N–C) groups is 1. The summed E-state index contributed by atoms with van der Waals surface area (Å²) in [7, 11) is 0. The summed E-state index contributed by atoms with van der Waals surface area (Å²) in [5.41, 5.74) is 0.691. The normalized spacial score (nSPS) is 13.8. The van der Waals surface area contributed by atoms with E-state index in [1.807, 2.05) is 24.3 Å². The van der Waals surface area contributed by atoms with Crippen LogP contribution in [0.15, 0.2) is 53.5 Å². The highest BCUT2D eigenvalue weighted by atomic mass is 35.5. The Labute approximate surface area is 152 Å². The van der Waals surface area contributed by atoms with E-state index in [0.717, 1.165) is 24.5 Å². The molecule has 130 valence electrons. The predicted molar refractivity (Wildman–Crippen MR) is 101 cm³/mol. The molecule has 2 aromatic carbocycles. The van der Waals surface area contributed by atoms with Crippen molar-refractivity contribution in [3.63, 3.8) is 0 Å². The molecule has 0 bridgehead atoms. The molecule has 0 radical (unpaired) electrons. The quantitative estimate of drug-likeness (QED) is 0.861. The van der Waals surface area contributed by atoms with Crippen LogP contribution >= 0.6 is 11.6 Å². The second-order valence-electron chi connectivity index (χ2n) is 6.25. The molecular weight excluding hydrogens is 338 g/mol. The first-order chi connectivity index (χ1) is 11.9. The number of nitrogens with zero attached hydrogens (tertiary/aromatic N) is 1. The molecule has 0 atom stereocenters. The van der Waals surface area contributed by atoms with E-state index in [4.69, 9.17) is 16.3 Å². The van der Waals surface area contributed by atoms with Crippen LogP contribution in [-0.4, -0.2) is 30.4 Å². The van der Waals surface area contributed by atoms with Gasteiger partial charge in [0.2, 0.25) is 0 Å². The monoisotopic (exact) mass is 357 g/mol. The Bertz CT molecular complexity index is 783. The number of benzene rings is 2. The van der Waals surface area contributed by atoms with Crippen LogP contribution < -0.4 is 15.4 Å². The minimum atomic E-state index is -1.02. The fraction of sp³-hybridized carbons (Fsp3) is 0.263. The van der Waals surface area contributed by atoms with E-state index >= 15 is 0 Å². The maximum absolute atomic E-state index is 12.5. The minimum absolute atomic E-state index is 0.230. The Balaban J connectivity index is 1.64. The highest BCUT2D eigenvalue weighted by Crippen LogP contribution is 2.22. The van der Waals surface area contributed by atoms with Gasteiger partial charge in [-0.2, -0.15) is 0 Å². The first-order valence-corrected chi connectivity index (χ1v) is 8.47. The van der Waals surface area contributed by atoms with Crippen molar-refractivity contribution in [3.05, 3.63) is 59.1 Å². The lowest BCUT2D eigenvalue weighted by molar-refractivity contribution is -0.128. The summed E-state index contributed by atoms with van der Waals surface area (Å²) < 4.78 is 5.80. The molecular formula is C19H20ClN3O2. The highest BCUT2D eigenvalue weighted by molar-refractivity contribution is 6.30. The molecule has 2 aromatic rings. The van der Waals surface area contributed by atoms with E-state index in [2.05, 4.69) is 15.6 Å². The van der Waals surface area contributed by atoms with Crippen LogP contribution in [-0.2, 0) is 4.79 Å². The van der Waals surface area contributed by atoms with Gasteiger partial charge in [-0.1, -0.05) is 11.6 Å². The molecule has 2 N–H and O–H groups in total. The van der Waals surface area contributed by atoms with Gasteiger partial charge in [0.25, 0.3) is 5.91 Å². The van der Waals surface area contributed by atoms with Crippen molar-refractivity contribution in [3.8, 4) is 5.75 Å². The van der Waals surface area contributed by atoms with E-state index in [0.29, 0.717) is 16.5 Å². The largest absolute Gasteiger partial charge is 0.478 e. The van der Waals surface area contributed by atoms with Crippen LogP contribution in [0.2, 0.25) is 5.02 Å². The summed E-state index contributed by atoms with van der Waals surface area (Å²) in [4.78, 5) is 16.9. The summed E-state index contributed by atoms with van der Waals surface area (Å²) in [6.45, 7) is 5.11. The Kier molecular flexibility index (Phi) is 4.95. The number of carbonyl (C=O) groups is 1. The maximum atomic E-state index is 12.5. The van der Waals surface area contributed by atoms with E-state index in [9.17, 15) is 4.79 Å². The number of ether oxygens (including phenoxy) is 1. The fourth-order valence-corrected chi connectivity index (χ4v) is 2.55. The smallest absolute Gasteiger partial charge is 0.267 e. The molecule has 1 aliphatic rings. The van der Waals surface area contributed by atoms with E-state index in [1.54, 1.807) is 38.1 Å². The molecule has 1 heterocycles. The van der Waals surface area contributed by atoms with Crippen LogP contribution in [0.4, 0.5) is 5.69 Å². The number of halogens is 1. The first-order valence-electron chi connectivity index (χ1n) is 8.09. The number of amides is 1. The molecule has 0 saturated carbocycles. The molecule has 1 amide bonds.